The van der Waals surface area contributed by atoms with Gasteiger partial charge in [-0.25, -0.2) is 0 Å². The molecular weight excluding hydrogens is 374 g/mol. The third kappa shape index (κ3) is 3.58. The van der Waals surface area contributed by atoms with E-state index >= 15 is 0 Å². The maximum atomic E-state index is 12.1. The SMILES string of the molecule is COc1ccc(C(=O)Nc2cccc(Br)c2)cc1Br. The summed E-state index contributed by atoms with van der Waals surface area (Å²) in [5, 5.41) is 2.83. The molecule has 2 rings (SSSR count). The number of nitrogens with one attached hydrogen (secondary N) is 1. The highest BCUT2D eigenvalue weighted by atomic mass is 79.9. The summed E-state index contributed by atoms with van der Waals surface area (Å²) in [6, 6.07) is 12.6. The van der Waals surface area contributed by atoms with Gasteiger partial charge >= 0.3 is 0 Å². The quantitative estimate of drug-likeness (QED) is 0.847. The number of carbonyl (C=O) groups excluding carboxylic acids is 1. The molecule has 0 aliphatic rings. The van der Waals surface area contributed by atoms with Crippen molar-refractivity contribution in [1.82, 2.24) is 0 Å². The second kappa shape index (κ2) is 6.21. The number of amides is 1. The maximum absolute atomic E-state index is 12.1. The van der Waals surface area contributed by atoms with E-state index in [1.54, 1.807) is 25.3 Å². The highest BCUT2D eigenvalue weighted by molar-refractivity contribution is 9.10. The number of carbonyl (C=O) groups is 1. The van der Waals surface area contributed by atoms with Crippen LogP contribution in [0.5, 0.6) is 5.75 Å². The van der Waals surface area contributed by atoms with Gasteiger partial charge in [0.1, 0.15) is 5.75 Å². The molecule has 5 heteroatoms. The van der Waals surface area contributed by atoms with E-state index in [9.17, 15) is 4.79 Å². The smallest absolute Gasteiger partial charge is 0.255 e. The molecule has 0 aliphatic carbocycles. The lowest BCUT2D eigenvalue weighted by atomic mass is 10.2. The number of ether oxygens (including phenoxy) is 1. The molecule has 1 N–H and O–H groups in total. The molecule has 0 aromatic heterocycles. The van der Waals surface area contributed by atoms with Crippen LogP contribution < -0.4 is 10.1 Å². The molecule has 0 bridgehead atoms. The minimum absolute atomic E-state index is 0.165. The summed E-state index contributed by atoms with van der Waals surface area (Å²) in [7, 11) is 1.58. The number of anilines is 1. The van der Waals surface area contributed by atoms with Crippen LogP contribution in [0, 0.1) is 0 Å². The first-order chi connectivity index (χ1) is 9.10. The minimum atomic E-state index is -0.165. The zero-order valence-electron chi connectivity index (χ0n) is 10.1. The van der Waals surface area contributed by atoms with Crippen molar-refractivity contribution < 1.29 is 9.53 Å². The molecule has 0 heterocycles. The van der Waals surface area contributed by atoms with Crippen molar-refractivity contribution in [2.75, 3.05) is 12.4 Å². The summed E-state index contributed by atoms with van der Waals surface area (Å²) in [6.07, 6.45) is 0. The molecule has 0 radical (unpaired) electrons. The molecule has 2 aromatic rings. The Morgan fingerprint density at radius 3 is 2.58 bits per heavy atom. The molecule has 0 unspecified atom stereocenters. The third-order valence-corrected chi connectivity index (χ3v) is 3.61. The van der Waals surface area contributed by atoms with Crippen molar-refractivity contribution in [3.8, 4) is 5.75 Å². The van der Waals surface area contributed by atoms with E-state index in [4.69, 9.17) is 4.74 Å². The lowest BCUT2D eigenvalue weighted by Gasteiger charge is -2.08. The van der Waals surface area contributed by atoms with E-state index in [1.807, 2.05) is 24.3 Å². The molecule has 19 heavy (non-hydrogen) atoms. The number of benzene rings is 2. The van der Waals surface area contributed by atoms with Gasteiger partial charge in [-0.15, -0.1) is 0 Å². The van der Waals surface area contributed by atoms with Crippen LogP contribution in [0.2, 0.25) is 0 Å². The van der Waals surface area contributed by atoms with E-state index in [1.165, 1.54) is 0 Å². The standard InChI is InChI=1S/C14H11Br2NO2/c1-19-13-6-5-9(7-12(13)16)14(18)17-11-4-2-3-10(15)8-11/h2-8H,1H3,(H,17,18). The Morgan fingerprint density at radius 1 is 1.16 bits per heavy atom. The van der Waals surface area contributed by atoms with Crippen molar-refractivity contribution in [3.05, 3.63) is 57.0 Å². The van der Waals surface area contributed by atoms with Crippen LogP contribution in [0.3, 0.4) is 0 Å². The molecule has 2 aromatic carbocycles. The van der Waals surface area contributed by atoms with E-state index in [0.717, 1.165) is 14.6 Å². The molecule has 0 saturated carbocycles. The first kappa shape index (κ1) is 14.1. The van der Waals surface area contributed by atoms with Gasteiger partial charge in [0.2, 0.25) is 0 Å². The minimum Gasteiger partial charge on any atom is -0.496 e. The van der Waals surface area contributed by atoms with Gasteiger partial charge in [0, 0.05) is 15.7 Å². The summed E-state index contributed by atoms with van der Waals surface area (Å²) in [4.78, 5) is 12.1. The average Bonchev–Trinajstić information content (AvgIpc) is 2.38. The van der Waals surface area contributed by atoms with Gasteiger partial charge in [0.05, 0.1) is 11.6 Å². The molecule has 98 valence electrons. The number of hydrogen-bond acceptors (Lipinski definition) is 2. The van der Waals surface area contributed by atoms with Gasteiger partial charge in [0.15, 0.2) is 0 Å². The Balaban J connectivity index is 2.18. The number of methoxy groups -OCH3 is 1. The van der Waals surface area contributed by atoms with Gasteiger partial charge in [0.25, 0.3) is 5.91 Å². The summed E-state index contributed by atoms with van der Waals surface area (Å²) < 4.78 is 6.79. The Labute approximate surface area is 128 Å². The first-order valence-corrected chi connectivity index (χ1v) is 7.09. The first-order valence-electron chi connectivity index (χ1n) is 5.50. The van der Waals surface area contributed by atoms with Crippen molar-refractivity contribution in [2.24, 2.45) is 0 Å². The van der Waals surface area contributed by atoms with Crippen LogP contribution >= 0.6 is 31.9 Å². The van der Waals surface area contributed by atoms with Crippen LogP contribution in [-0.4, -0.2) is 13.0 Å². The van der Waals surface area contributed by atoms with Crippen LogP contribution in [0.25, 0.3) is 0 Å². The van der Waals surface area contributed by atoms with Gasteiger partial charge in [-0.2, -0.15) is 0 Å². The van der Waals surface area contributed by atoms with E-state index in [-0.39, 0.29) is 5.91 Å². The summed E-state index contributed by atoms with van der Waals surface area (Å²) in [5.74, 6) is 0.528. The predicted molar refractivity (Wildman–Crippen MR) is 82.8 cm³/mol. The fraction of sp³-hybridized carbons (Fsp3) is 0.0714. The fourth-order valence-corrected chi connectivity index (χ4v) is 2.52. The van der Waals surface area contributed by atoms with E-state index < -0.39 is 0 Å². The molecule has 0 atom stereocenters. The number of rotatable bonds is 3. The molecule has 1 amide bonds. The topological polar surface area (TPSA) is 38.3 Å². The molecule has 0 aliphatic heterocycles. The van der Waals surface area contributed by atoms with Crippen molar-refractivity contribution >= 4 is 43.5 Å². The Hall–Kier alpha value is -1.33. The molecule has 0 spiro atoms. The van der Waals surface area contributed by atoms with E-state index in [2.05, 4.69) is 37.2 Å². The fourth-order valence-electron chi connectivity index (χ4n) is 1.58. The maximum Gasteiger partial charge on any atom is 0.255 e. The summed E-state index contributed by atoms with van der Waals surface area (Å²) >= 11 is 6.72. The van der Waals surface area contributed by atoms with Gasteiger partial charge < -0.3 is 10.1 Å². The molecule has 0 fully saturated rings. The van der Waals surface area contributed by atoms with Gasteiger partial charge in [-0.3, -0.25) is 4.79 Å². The van der Waals surface area contributed by atoms with Crippen LogP contribution in [0.15, 0.2) is 51.4 Å². The highest BCUT2D eigenvalue weighted by Gasteiger charge is 2.09. The third-order valence-electron chi connectivity index (χ3n) is 2.50. The predicted octanol–water partition coefficient (Wildman–Crippen LogP) is 4.47. The number of hydrogen-bond donors (Lipinski definition) is 1. The lowest BCUT2D eigenvalue weighted by Crippen LogP contribution is -2.11. The Bertz CT molecular complexity index is 614. The van der Waals surface area contributed by atoms with Gasteiger partial charge in [-0.05, 0) is 52.3 Å². The largest absolute Gasteiger partial charge is 0.496 e. The zero-order chi connectivity index (χ0) is 13.8. The normalized spacial score (nSPS) is 10.1. The second-order valence-electron chi connectivity index (χ2n) is 3.81. The van der Waals surface area contributed by atoms with Crippen molar-refractivity contribution in [3.63, 3.8) is 0 Å². The summed E-state index contributed by atoms with van der Waals surface area (Å²) in [5.41, 5.74) is 1.30. The van der Waals surface area contributed by atoms with Gasteiger partial charge in [-0.1, -0.05) is 22.0 Å². The Kier molecular flexibility index (Phi) is 4.61. The Morgan fingerprint density at radius 2 is 1.95 bits per heavy atom. The van der Waals surface area contributed by atoms with Crippen molar-refractivity contribution in [2.45, 2.75) is 0 Å². The van der Waals surface area contributed by atoms with Crippen molar-refractivity contribution in [1.29, 1.82) is 0 Å². The van der Waals surface area contributed by atoms with E-state index in [0.29, 0.717) is 11.3 Å². The van der Waals surface area contributed by atoms with Crippen LogP contribution in [0.1, 0.15) is 10.4 Å². The molecule has 0 saturated heterocycles. The monoisotopic (exact) mass is 383 g/mol. The van der Waals surface area contributed by atoms with Crippen LogP contribution in [-0.2, 0) is 0 Å². The average molecular weight is 385 g/mol. The highest BCUT2D eigenvalue weighted by Crippen LogP contribution is 2.26. The number of halogens is 2. The second-order valence-corrected chi connectivity index (χ2v) is 5.58. The van der Waals surface area contributed by atoms with Crippen LogP contribution in [0.4, 0.5) is 5.69 Å². The molecule has 3 nitrogen and oxygen atoms in total. The summed E-state index contributed by atoms with van der Waals surface area (Å²) in [6.45, 7) is 0. The molecular formula is C14H11Br2NO2. The zero-order valence-corrected chi connectivity index (χ0v) is 13.3. The lowest BCUT2D eigenvalue weighted by molar-refractivity contribution is 0.102.